The van der Waals surface area contributed by atoms with Crippen molar-refractivity contribution >= 4 is 34.3 Å². The molecule has 1 heterocycles. The first-order valence-corrected chi connectivity index (χ1v) is 8.42. The van der Waals surface area contributed by atoms with Crippen molar-refractivity contribution < 1.29 is 0 Å². The van der Waals surface area contributed by atoms with Gasteiger partial charge in [0.15, 0.2) is 5.82 Å². The normalized spacial score (nSPS) is 11.0. The van der Waals surface area contributed by atoms with Crippen LogP contribution in [0.5, 0.6) is 0 Å². The maximum Gasteiger partial charge on any atom is 0.162 e. The lowest BCUT2D eigenvalue weighted by Gasteiger charge is -2.08. The molecule has 0 saturated carbocycles. The number of aromatic nitrogens is 2. The van der Waals surface area contributed by atoms with Gasteiger partial charge in [-0.3, -0.25) is 0 Å². The number of hydrogen-bond donors (Lipinski definition) is 0. The van der Waals surface area contributed by atoms with E-state index in [9.17, 15) is 0 Å². The van der Waals surface area contributed by atoms with E-state index in [0.717, 1.165) is 27.8 Å². The molecule has 0 aliphatic carbocycles. The van der Waals surface area contributed by atoms with Gasteiger partial charge < -0.3 is 0 Å². The van der Waals surface area contributed by atoms with Crippen molar-refractivity contribution in [1.29, 1.82) is 0 Å². The molecule has 0 unspecified atom stereocenters. The van der Waals surface area contributed by atoms with Crippen LogP contribution >= 0.6 is 23.4 Å². The van der Waals surface area contributed by atoms with E-state index in [1.54, 1.807) is 11.8 Å². The number of aryl methyl sites for hydroxylation is 1. The maximum absolute atomic E-state index is 6.38. The molecule has 0 atom stereocenters. The van der Waals surface area contributed by atoms with Gasteiger partial charge in [0.25, 0.3) is 0 Å². The van der Waals surface area contributed by atoms with Gasteiger partial charge in [0.1, 0.15) is 5.15 Å². The highest BCUT2D eigenvalue weighted by atomic mass is 35.5. The Morgan fingerprint density at radius 2 is 1.90 bits per heavy atom. The molecule has 0 radical (unpaired) electrons. The number of nitrogens with zero attached hydrogens (tertiary/aromatic N) is 2. The molecule has 3 rings (SSSR count). The molecular weight excluding hydrogens is 300 g/mol. The van der Waals surface area contributed by atoms with Gasteiger partial charge in [0.2, 0.25) is 0 Å². The van der Waals surface area contributed by atoms with E-state index in [1.807, 2.05) is 24.3 Å². The van der Waals surface area contributed by atoms with Gasteiger partial charge in [0.05, 0.1) is 5.52 Å². The van der Waals surface area contributed by atoms with E-state index in [0.29, 0.717) is 11.0 Å². The number of thioether (sulfide) groups is 1. The second-order valence-electron chi connectivity index (χ2n) is 4.74. The lowest BCUT2D eigenvalue weighted by molar-refractivity contribution is 1.14. The molecule has 0 amide bonds. The fourth-order valence-electron chi connectivity index (χ4n) is 2.31. The minimum absolute atomic E-state index is 0.515. The van der Waals surface area contributed by atoms with E-state index in [2.05, 4.69) is 41.3 Å². The second-order valence-corrected chi connectivity index (χ2v) is 5.95. The molecule has 0 N–H and O–H groups in total. The molecule has 1 aromatic heterocycles. The summed E-state index contributed by atoms with van der Waals surface area (Å²) in [5.41, 5.74) is 3.15. The topological polar surface area (TPSA) is 25.8 Å². The van der Waals surface area contributed by atoms with E-state index in [4.69, 9.17) is 11.6 Å². The van der Waals surface area contributed by atoms with Gasteiger partial charge in [0, 0.05) is 15.8 Å². The number of hydrogen-bond acceptors (Lipinski definition) is 3. The zero-order chi connectivity index (χ0) is 14.8. The molecular formula is C17H15ClN2S. The quantitative estimate of drug-likeness (QED) is 0.488. The summed E-state index contributed by atoms with van der Waals surface area (Å²) in [5.74, 6) is 0.682. The third-order valence-corrected chi connectivity index (χ3v) is 4.55. The van der Waals surface area contributed by atoms with Crippen molar-refractivity contribution in [1.82, 2.24) is 9.97 Å². The summed E-state index contributed by atoms with van der Waals surface area (Å²) in [6.07, 6.45) is 3.03. The highest BCUT2D eigenvalue weighted by Gasteiger charge is 2.11. The van der Waals surface area contributed by atoms with Crippen LogP contribution in [0, 0.1) is 0 Å². The Bertz CT molecular complexity index is 802. The summed E-state index contributed by atoms with van der Waals surface area (Å²) < 4.78 is 0. The van der Waals surface area contributed by atoms with Gasteiger partial charge in [-0.15, -0.1) is 11.8 Å². The minimum atomic E-state index is 0.515. The Morgan fingerprint density at radius 1 is 1.10 bits per heavy atom. The lowest BCUT2D eigenvalue weighted by atomic mass is 10.1. The van der Waals surface area contributed by atoms with Crippen molar-refractivity contribution in [3.8, 4) is 11.4 Å². The molecule has 0 fully saturated rings. The molecule has 106 valence electrons. The first-order chi connectivity index (χ1) is 10.2. The van der Waals surface area contributed by atoms with Gasteiger partial charge >= 0.3 is 0 Å². The van der Waals surface area contributed by atoms with E-state index < -0.39 is 0 Å². The Balaban J connectivity index is 2.21. The molecule has 0 bridgehead atoms. The Hall–Kier alpha value is -1.58. The maximum atomic E-state index is 6.38. The molecule has 0 aliphatic heterocycles. The van der Waals surface area contributed by atoms with Crippen LogP contribution in [0.4, 0.5) is 0 Å². The smallest absolute Gasteiger partial charge is 0.162 e. The predicted molar refractivity (Wildman–Crippen MR) is 91.1 cm³/mol. The van der Waals surface area contributed by atoms with Crippen LogP contribution in [-0.2, 0) is 6.42 Å². The number of rotatable bonds is 3. The predicted octanol–water partition coefficient (Wildman–Crippen LogP) is 5.23. The van der Waals surface area contributed by atoms with E-state index in [1.165, 1.54) is 5.56 Å². The molecule has 21 heavy (non-hydrogen) atoms. The van der Waals surface area contributed by atoms with Crippen molar-refractivity contribution in [2.24, 2.45) is 0 Å². The first-order valence-electron chi connectivity index (χ1n) is 6.82. The largest absolute Gasteiger partial charge is 0.228 e. The summed E-state index contributed by atoms with van der Waals surface area (Å²) in [6.45, 7) is 2.12. The van der Waals surface area contributed by atoms with Crippen LogP contribution < -0.4 is 0 Å². The fourth-order valence-corrected chi connectivity index (χ4v) is 3.13. The van der Waals surface area contributed by atoms with Crippen LogP contribution in [0.2, 0.25) is 5.15 Å². The summed E-state index contributed by atoms with van der Waals surface area (Å²) in [6, 6.07) is 14.3. The Morgan fingerprint density at radius 3 is 2.67 bits per heavy atom. The fraction of sp³-hybridized carbons (Fsp3) is 0.176. The molecule has 2 nitrogen and oxygen atoms in total. The third kappa shape index (κ3) is 2.76. The summed E-state index contributed by atoms with van der Waals surface area (Å²) in [4.78, 5) is 10.3. The third-order valence-electron chi connectivity index (χ3n) is 3.47. The average molecular weight is 315 g/mol. The van der Waals surface area contributed by atoms with Crippen molar-refractivity contribution in [3.63, 3.8) is 0 Å². The molecule has 4 heteroatoms. The average Bonchev–Trinajstić information content (AvgIpc) is 2.54. The monoisotopic (exact) mass is 314 g/mol. The van der Waals surface area contributed by atoms with Gasteiger partial charge in [-0.1, -0.05) is 42.8 Å². The Kier molecular flexibility index (Phi) is 4.13. The van der Waals surface area contributed by atoms with Crippen LogP contribution in [-0.4, -0.2) is 16.2 Å². The molecule has 3 aromatic rings. The van der Waals surface area contributed by atoms with E-state index in [-0.39, 0.29) is 0 Å². The standard InChI is InChI=1S/C17H15ClN2S/c1-3-11-8-9-14-13(10-11)16(18)20-17(19-14)12-6-4-5-7-15(12)21-2/h4-10H,3H2,1-2H3. The first kappa shape index (κ1) is 14.4. The summed E-state index contributed by atoms with van der Waals surface area (Å²) in [5, 5.41) is 1.43. The molecule has 0 saturated heterocycles. The lowest BCUT2D eigenvalue weighted by Crippen LogP contribution is -1.94. The van der Waals surface area contributed by atoms with Crippen LogP contribution in [0.15, 0.2) is 47.4 Å². The molecule has 2 aromatic carbocycles. The SMILES string of the molecule is CCc1ccc2nc(-c3ccccc3SC)nc(Cl)c2c1. The zero-order valence-electron chi connectivity index (χ0n) is 11.9. The number of fused-ring (bicyclic) bond motifs is 1. The molecule has 0 aliphatic rings. The minimum Gasteiger partial charge on any atom is -0.228 e. The second kappa shape index (κ2) is 6.04. The zero-order valence-corrected chi connectivity index (χ0v) is 13.5. The van der Waals surface area contributed by atoms with Crippen molar-refractivity contribution in [3.05, 3.63) is 53.2 Å². The van der Waals surface area contributed by atoms with Crippen molar-refractivity contribution in [2.75, 3.05) is 6.26 Å². The Labute approximate surface area is 133 Å². The number of halogens is 1. The van der Waals surface area contributed by atoms with E-state index >= 15 is 0 Å². The van der Waals surface area contributed by atoms with Gasteiger partial charge in [-0.2, -0.15) is 0 Å². The molecule has 0 spiro atoms. The summed E-state index contributed by atoms with van der Waals surface area (Å²) in [7, 11) is 0. The van der Waals surface area contributed by atoms with Crippen LogP contribution in [0.25, 0.3) is 22.3 Å². The summed E-state index contributed by atoms with van der Waals surface area (Å²) >= 11 is 8.06. The van der Waals surface area contributed by atoms with Gasteiger partial charge in [-0.25, -0.2) is 9.97 Å². The highest BCUT2D eigenvalue weighted by molar-refractivity contribution is 7.98. The van der Waals surface area contributed by atoms with Crippen molar-refractivity contribution in [2.45, 2.75) is 18.2 Å². The van der Waals surface area contributed by atoms with Crippen LogP contribution in [0.1, 0.15) is 12.5 Å². The number of benzene rings is 2. The highest BCUT2D eigenvalue weighted by Crippen LogP contribution is 2.31. The van der Waals surface area contributed by atoms with Crippen LogP contribution in [0.3, 0.4) is 0 Å². The van der Waals surface area contributed by atoms with Gasteiger partial charge in [-0.05, 0) is 36.4 Å².